The van der Waals surface area contributed by atoms with Crippen LogP contribution in [0.4, 0.5) is 0 Å². The lowest BCUT2D eigenvalue weighted by Gasteiger charge is -2.34. The lowest BCUT2D eigenvalue weighted by molar-refractivity contribution is 0.226. The van der Waals surface area contributed by atoms with E-state index in [2.05, 4.69) is 15.3 Å². The molecule has 2 aliphatic heterocycles. The molecule has 1 aromatic heterocycles. The maximum Gasteiger partial charge on any atom is 0.260 e. The summed E-state index contributed by atoms with van der Waals surface area (Å²) in [6.45, 7) is 4.26. The van der Waals surface area contributed by atoms with Crippen LogP contribution in [-0.4, -0.2) is 48.4 Å². The topological polar surface area (TPSA) is 78.1 Å². The molecule has 0 radical (unpaired) electrons. The summed E-state index contributed by atoms with van der Waals surface area (Å²) in [4.78, 5) is 7.05. The Hall–Kier alpha value is -0.920. The molecule has 0 spiro atoms. The molecule has 7 heteroatoms. The SMILES string of the molecule is CCc1ncc(S(=O)(=O)N2CCCC(C3CCCN3)C2)[nH]1. The maximum atomic E-state index is 12.7. The third-order valence-electron chi connectivity index (χ3n) is 4.65. The van der Waals surface area contributed by atoms with Crippen LogP contribution in [0.1, 0.15) is 38.4 Å². The fourth-order valence-electron chi connectivity index (χ4n) is 3.43. The van der Waals surface area contributed by atoms with Crippen molar-refractivity contribution in [3.8, 4) is 0 Å². The number of rotatable bonds is 4. The first-order valence-electron chi connectivity index (χ1n) is 7.88. The summed E-state index contributed by atoms with van der Waals surface area (Å²) < 4.78 is 27.1. The standard InChI is InChI=1S/C14H24N4O2S/c1-2-13-16-9-14(17-13)21(19,20)18-8-4-5-11(10-18)12-6-3-7-15-12/h9,11-12,15H,2-8,10H2,1H3,(H,16,17). The number of hydrogen-bond acceptors (Lipinski definition) is 4. The third kappa shape index (κ3) is 3.00. The summed E-state index contributed by atoms with van der Waals surface area (Å²) in [5, 5.41) is 3.75. The molecule has 0 amide bonds. The zero-order chi connectivity index (χ0) is 14.9. The van der Waals surface area contributed by atoms with E-state index in [1.165, 1.54) is 19.0 Å². The number of nitrogens with zero attached hydrogens (tertiary/aromatic N) is 2. The van der Waals surface area contributed by atoms with Gasteiger partial charge in [0, 0.05) is 25.6 Å². The average Bonchev–Trinajstić information content (AvgIpc) is 3.19. The molecule has 2 atom stereocenters. The van der Waals surface area contributed by atoms with Gasteiger partial charge in [-0.05, 0) is 38.1 Å². The highest BCUT2D eigenvalue weighted by atomic mass is 32.2. The van der Waals surface area contributed by atoms with Gasteiger partial charge in [0.15, 0.2) is 5.03 Å². The maximum absolute atomic E-state index is 12.7. The highest BCUT2D eigenvalue weighted by Crippen LogP contribution is 2.28. The predicted octanol–water partition coefficient (Wildman–Crippen LogP) is 1.12. The Kier molecular flexibility index (Phi) is 4.33. The molecule has 3 heterocycles. The van der Waals surface area contributed by atoms with Crippen LogP contribution in [0.15, 0.2) is 11.2 Å². The van der Waals surface area contributed by atoms with Crippen molar-refractivity contribution in [2.75, 3.05) is 19.6 Å². The number of sulfonamides is 1. The highest BCUT2D eigenvalue weighted by Gasteiger charge is 2.35. The van der Waals surface area contributed by atoms with E-state index in [1.54, 1.807) is 4.31 Å². The summed E-state index contributed by atoms with van der Waals surface area (Å²) in [6, 6.07) is 0.482. The van der Waals surface area contributed by atoms with Crippen molar-refractivity contribution >= 4 is 10.0 Å². The first-order chi connectivity index (χ1) is 10.1. The smallest absolute Gasteiger partial charge is 0.260 e. The molecule has 118 valence electrons. The summed E-state index contributed by atoms with van der Waals surface area (Å²) in [5.41, 5.74) is 0. The van der Waals surface area contributed by atoms with Crippen LogP contribution in [0, 0.1) is 5.92 Å². The van der Waals surface area contributed by atoms with Gasteiger partial charge in [0.05, 0.1) is 6.20 Å². The molecule has 6 nitrogen and oxygen atoms in total. The second-order valence-corrected chi connectivity index (χ2v) is 7.92. The van der Waals surface area contributed by atoms with Gasteiger partial charge in [-0.2, -0.15) is 4.31 Å². The molecular formula is C14H24N4O2S. The number of piperidine rings is 1. The molecule has 2 saturated heterocycles. The minimum atomic E-state index is -3.43. The van der Waals surface area contributed by atoms with Gasteiger partial charge in [-0.1, -0.05) is 6.92 Å². The second-order valence-electron chi connectivity index (χ2n) is 6.02. The molecule has 2 N–H and O–H groups in total. The molecule has 2 unspecified atom stereocenters. The van der Waals surface area contributed by atoms with Gasteiger partial charge < -0.3 is 10.3 Å². The van der Waals surface area contributed by atoms with E-state index in [1.807, 2.05) is 6.92 Å². The quantitative estimate of drug-likeness (QED) is 0.873. The number of aromatic amines is 1. The molecule has 2 aliphatic rings. The fraction of sp³-hybridized carbons (Fsp3) is 0.786. The Balaban J connectivity index is 1.75. The number of nitrogens with one attached hydrogen (secondary N) is 2. The molecule has 3 rings (SSSR count). The van der Waals surface area contributed by atoms with E-state index >= 15 is 0 Å². The molecular weight excluding hydrogens is 288 g/mol. The van der Waals surface area contributed by atoms with Crippen molar-refractivity contribution in [2.45, 2.75) is 50.1 Å². The minimum absolute atomic E-state index is 0.236. The Morgan fingerprint density at radius 3 is 2.90 bits per heavy atom. The van der Waals surface area contributed by atoms with Crippen LogP contribution in [0.3, 0.4) is 0 Å². The van der Waals surface area contributed by atoms with Gasteiger partial charge in [0.2, 0.25) is 0 Å². The Bertz CT molecular complexity index is 578. The van der Waals surface area contributed by atoms with Crippen molar-refractivity contribution in [1.29, 1.82) is 0 Å². The Morgan fingerprint density at radius 2 is 2.24 bits per heavy atom. The van der Waals surface area contributed by atoms with E-state index in [-0.39, 0.29) is 5.03 Å². The summed E-state index contributed by atoms with van der Waals surface area (Å²) in [7, 11) is -3.43. The molecule has 0 saturated carbocycles. The van der Waals surface area contributed by atoms with Crippen LogP contribution < -0.4 is 5.32 Å². The zero-order valence-electron chi connectivity index (χ0n) is 12.5. The molecule has 1 aromatic rings. The first-order valence-corrected chi connectivity index (χ1v) is 9.32. The van der Waals surface area contributed by atoms with Crippen molar-refractivity contribution < 1.29 is 8.42 Å². The van der Waals surface area contributed by atoms with Crippen LogP contribution >= 0.6 is 0 Å². The van der Waals surface area contributed by atoms with Crippen LogP contribution in [-0.2, 0) is 16.4 Å². The van der Waals surface area contributed by atoms with E-state index in [4.69, 9.17) is 0 Å². The van der Waals surface area contributed by atoms with Gasteiger partial charge in [-0.15, -0.1) is 0 Å². The van der Waals surface area contributed by atoms with Gasteiger partial charge in [0.1, 0.15) is 5.82 Å². The fourth-order valence-corrected chi connectivity index (χ4v) is 4.90. The molecule has 21 heavy (non-hydrogen) atoms. The van der Waals surface area contributed by atoms with Gasteiger partial charge in [0.25, 0.3) is 10.0 Å². The van der Waals surface area contributed by atoms with Crippen LogP contribution in [0.2, 0.25) is 0 Å². The third-order valence-corrected chi connectivity index (χ3v) is 6.42. The molecule has 0 aliphatic carbocycles. The zero-order valence-corrected chi connectivity index (χ0v) is 13.3. The van der Waals surface area contributed by atoms with Gasteiger partial charge in [-0.25, -0.2) is 13.4 Å². The number of hydrogen-bond donors (Lipinski definition) is 2. The normalized spacial score (nSPS) is 28.0. The van der Waals surface area contributed by atoms with Crippen LogP contribution in [0.5, 0.6) is 0 Å². The lowest BCUT2D eigenvalue weighted by Crippen LogP contribution is -2.45. The Labute approximate surface area is 126 Å². The van der Waals surface area contributed by atoms with E-state index < -0.39 is 10.0 Å². The minimum Gasteiger partial charge on any atom is -0.332 e. The van der Waals surface area contributed by atoms with Crippen molar-refractivity contribution in [3.05, 3.63) is 12.0 Å². The van der Waals surface area contributed by atoms with E-state index in [9.17, 15) is 8.42 Å². The molecule has 0 aromatic carbocycles. The van der Waals surface area contributed by atoms with Gasteiger partial charge >= 0.3 is 0 Å². The number of aryl methyl sites for hydroxylation is 1. The largest absolute Gasteiger partial charge is 0.332 e. The van der Waals surface area contributed by atoms with Crippen molar-refractivity contribution in [3.63, 3.8) is 0 Å². The van der Waals surface area contributed by atoms with Crippen LogP contribution in [0.25, 0.3) is 0 Å². The van der Waals surface area contributed by atoms with Crippen molar-refractivity contribution in [1.82, 2.24) is 19.6 Å². The second kappa shape index (κ2) is 6.06. The highest BCUT2D eigenvalue weighted by molar-refractivity contribution is 7.89. The Morgan fingerprint density at radius 1 is 1.38 bits per heavy atom. The van der Waals surface area contributed by atoms with E-state index in [0.717, 1.165) is 25.2 Å². The first kappa shape index (κ1) is 15.0. The van der Waals surface area contributed by atoms with Crippen molar-refractivity contribution in [2.24, 2.45) is 5.92 Å². The lowest BCUT2D eigenvalue weighted by atomic mass is 9.91. The summed E-state index contributed by atoms with van der Waals surface area (Å²) >= 11 is 0. The molecule has 2 fully saturated rings. The monoisotopic (exact) mass is 312 g/mol. The van der Waals surface area contributed by atoms with E-state index in [0.29, 0.717) is 31.5 Å². The summed E-state index contributed by atoms with van der Waals surface area (Å²) in [5.74, 6) is 1.16. The number of H-pyrrole nitrogens is 1. The number of imidazole rings is 1. The summed E-state index contributed by atoms with van der Waals surface area (Å²) in [6.07, 6.45) is 6.59. The number of aromatic nitrogens is 2. The average molecular weight is 312 g/mol. The predicted molar refractivity (Wildman–Crippen MR) is 80.5 cm³/mol. The van der Waals surface area contributed by atoms with Gasteiger partial charge in [-0.3, -0.25) is 0 Å². The molecule has 0 bridgehead atoms.